The van der Waals surface area contributed by atoms with E-state index in [0.717, 1.165) is 43.9 Å². The Labute approximate surface area is 127 Å². The molecule has 0 spiro atoms. The molecule has 0 unspecified atom stereocenters. The van der Waals surface area contributed by atoms with Gasteiger partial charge in [-0.2, -0.15) is 0 Å². The molecule has 0 heterocycles. The predicted octanol–water partition coefficient (Wildman–Crippen LogP) is 3.94. The first-order valence-electron chi connectivity index (χ1n) is 8.78. The molecule has 0 aromatic heterocycles. The van der Waals surface area contributed by atoms with Crippen molar-refractivity contribution in [1.82, 2.24) is 0 Å². The van der Waals surface area contributed by atoms with Crippen molar-refractivity contribution < 1.29 is 9.59 Å². The van der Waals surface area contributed by atoms with Gasteiger partial charge in [0.25, 0.3) is 0 Å². The predicted molar refractivity (Wildman–Crippen MR) is 81.6 cm³/mol. The van der Waals surface area contributed by atoms with Crippen molar-refractivity contribution in [2.24, 2.45) is 35.0 Å². The summed E-state index contributed by atoms with van der Waals surface area (Å²) in [6.07, 6.45) is 9.20. The Hall–Kier alpha value is -0.920. The third-order valence-electron chi connectivity index (χ3n) is 7.37. The average Bonchev–Trinajstić information content (AvgIpc) is 2.76. The van der Waals surface area contributed by atoms with E-state index in [2.05, 4.69) is 13.8 Å². The van der Waals surface area contributed by atoms with Gasteiger partial charge in [-0.1, -0.05) is 19.4 Å². The topological polar surface area (TPSA) is 34.1 Å². The van der Waals surface area contributed by atoms with Gasteiger partial charge in [-0.05, 0) is 67.8 Å². The van der Waals surface area contributed by atoms with Gasteiger partial charge in [0.1, 0.15) is 5.78 Å². The van der Waals surface area contributed by atoms with E-state index in [1.165, 1.54) is 18.4 Å². The minimum absolute atomic E-state index is 0.0212. The van der Waals surface area contributed by atoms with Crippen LogP contribution in [0.1, 0.15) is 58.8 Å². The molecule has 0 N–H and O–H groups in total. The molecule has 0 saturated heterocycles. The van der Waals surface area contributed by atoms with Gasteiger partial charge in [-0.15, -0.1) is 0 Å². The summed E-state index contributed by atoms with van der Waals surface area (Å²) >= 11 is 0. The fourth-order valence-corrected chi connectivity index (χ4v) is 6.27. The lowest BCUT2D eigenvalue weighted by Gasteiger charge is -2.53. The molecule has 4 aliphatic rings. The van der Waals surface area contributed by atoms with Crippen molar-refractivity contribution in [2.45, 2.75) is 58.8 Å². The van der Waals surface area contributed by atoms with Crippen molar-refractivity contribution in [2.75, 3.05) is 0 Å². The Morgan fingerprint density at radius 2 is 1.90 bits per heavy atom. The van der Waals surface area contributed by atoms with Crippen molar-refractivity contribution in [3.8, 4) is 0 Å². The molecular weight excluding hydrogens is 260 g/mol. The van der Waals surface area contributed by atoms with E-state index in [-0.39, 0.29) is 5.41 Å². The Balaban J connectivity index is 1.68. The summed E-state index contributed by atoms with van der Waals surface area (Å²) < 4.78 is 0. The van der Waals surface area contributed by atoms with Gasteiger partial charge in [0, 0.05) is 18.3 Å². The van der Waals surface area contributed by atoms with Crippen LogP contribution in [0.2, 0.25) is 0 Å². The van der Waals surface area contributed by atoms with Crippen molar-refractivity contribution in [3.63, 3.8) is 0 Å². The summed E-state index contributed by atoms with van der Waals surface area (Å²) in [6.45, 7) is 4.54. The lowest BCUT2D eigenvalue weighted by atomic mass is 9.50. The van der Waals surface area contributed by atoms with Crippen molar-refractivity contribution in [1.29, 1.82) is 0 Å². The maximum atomic E-state index is 12.4. The minimum atomic E-state index is -0.0212. The standard InChI is InChI=1S/C19H26O2/c1-11-9-16-14(13-4-3-12(20)10-15(11)13)7-8-19(2)17(16)5-6-18(19)21/h10-11,13-14,16-17H,3-9H2,1-2H3/t11-,13+,14-,16-,17-,19+/m1/s1. The minimum Gasteiger partial charge on any atom is -0.299 e. The average molecular weight is 286 g/mol. The maximum Gasteiger partial charge on any atom is 0.155 e. The van der Waals surface area contributed by atoms with Crippen LogP contribution in [0.15, 0.2) is 11.6 Å². The Morgan fingerprint density at radius 3 is 2.71 bits per heavy atom. The largest absolute Gasteiger partial charge is 0.299 e. The van der Waals surface area contributed by atoms with E-state index >= 15 is 0 Å². The van der Waals surface area contributed by atoms with Crippen molar-refractivity contribution >= 4 is 11.6 Å². The number of carbonyl (C=O) groups is 2. The van der Waals surface area contributed by atoms with Gasteiger partial charge < -0.3 is 0 Å². The van der Waals surface area contributed by atoms with Gasteiger partial charge >= 0.3 is 0 Å². The molecule has 0 amide bonds. The van der Waals surface area contributed by atoms with Crippen LogP contribution < -0.4 is 0 Å². The van der Waals surface area contributed by atoms with Gasteiger partial charge in [-0.25, -0.2) is 0 Å². The van der Waals surface area contributed by atoms with Crippen molar-refractivity contribution in [3.05, 3.63) is 11.6 Å². The van der Waals surface area contributed by atoms with Gasteiger partial charge in [0.2, 0.25) is 0 Å². The summed E-state index contributed by atoms with van der Waals surface area (Å²) in [5.41, 5.74) is 1.42. The van der Waals surface area contributed by atoms with E-state index in [4.69, 9.17) is 0 Å². The van der Waals surface area contributed by atoms with Crippen LogP contribution in [0.25, 0.3) is 0 Å². The molecule has 2 heteroatoms. The normalized spacial score (nSPS) is 49.2. The number of hydrogen-bond acceptors (Lipinski definition) is 2. The Bertz CT molecular complexity index is 532. The van der Waals surface area contributed by atoms with Crippen LogP contribution in [0, 0.1) is 35.0 Å². The molecule has 4 rings (SSSR count). The van der Waals surface area contributed by atoms with Crippen LogP contribution >= 0.6 is 0 Å². The van der Waals surface area contributed by atoms with Gasteiger partial charge in [0.15, 0.2) is 5.78 Å². The van der Waals surface area contributed by atoms with Crippen LogP contribution in [0.3, 0.4) is 0 Å². The number of rotatable bonds is 0. The second kappa shape index (κ2) is 4.54. The molecule has 21 heavy (non-hydrogen) atoms. The molecule has 0 radical (unpaired) electrons. The fraction of sp³-hybridized carbons (Fsp3) is 0.789. The molecule has 2 nitrogen and oxygen atoms in total. The van der Waals surface area contributed by atoms with Gasteiger partial charge in [0.05, 0.1) is 0 Å². The first-order valence-corrected chi connectivity index (χ1v) is 8.78. The highest BCUT2D eigenvalue weighted by molar-refractivity contribution is 5.91. The Kier molecular flexibility index (Phi) is 2.96. The number of carbonyl (C=O) groups excluding carboxylic acids is 2. The third kappa shape index (κ3) is 1.83. The summed E-state index contributed by atoms with van der Waals surface area (Å²) in [4.78, 5) is 24.1. The first-order chi connectivity index (χ1) is 10.0. The molecule has 0 aliphatic heterocycles. The number of allylic oxidation sites excluding steroid dienone is 1. The zero-order valence-electron chi connectivity index (χ0n) is 13.2. The summed E-state index contributed by atoms with van der Waals surface area (Å²) in [7, 11) is 0. The third-order valence-corrected chi connectivity index (χ3v) is 7.37. The molecular formula is C19H26O2. The molecule has 0 aromatic rings. The highest BCUT2D eigenvalue weighted by Gasteiger charge is 2.56. The van der Waals surface area contributed by atoms with E-state index in [1.54, 1.807) is 0 Å². The van der Waals surface area contributed by atoms with Crippen LogP contribution in [-0.2, 0) is 9.59 Å². The molecule has 0 bridgehead atoms. The van der Waals surface area contributed by atoms with Crippen LogP contribution in [-0.4, -0.2) is 11.6 Å². The van der Waals surface area contributed by atoms with E-state index in [1.807, 2.05) is 6.08 Å². The smallest absolute Gasteiger partial charge is 0.155 e. The van der Waals surface area contributed by atoms with Gasteiger partial charge in [-0.3, -0.25) is 9.59 Å². The zero-order valence-corrected chi connectivity index (χ0v) is 13.2. The highest BCUT2D eigenvalue weighted by atomic mass is 16.1. The monoisotopic (exact) mass is 286 g/mol. The maximum absolute atomic E-state index is 12.4. The number of hydrogen-bond donors (Lipinski definition) is 0. The summed E-state index contributed by atoms with van der Waals surface area (Å²) in [5.74, 6) is 4.12. The molecule has 114 valence electrons. The SMILES string of the molecule is C[C@@H]1C[C@@H]2[C@H](CC[C@]3(C)C(=O)CC[C@H]23)[C@@H]2CCC(=O)C=C12. The fourth-order valence-electron chi connectivity index (χ4n) is 6.27. The zero-order chi connectivity index (χ0) is 14.8. The number of fused-ring (bicyclic) bond motifs is 5. The lowest BCUT2D eigenvalue weighted by Crippen LogP contribution is -2.48. The lowest BCUT2D eigenvalue weighted by molar-refractivity contribution is -0.131. The molecule has 3 saturated carbocycles. The van der Waals surface area contributed by atoms with E-state index < -0.39 is 0 Å². The van der Waals surface area contributed by atoms with E-state index in [0.29, 0.717) is 29.3 Å². The quantitative estimate of drug-likeness (QED) is 0.676. The summed E-state index contributed by atoms with van der Waals surface area (Å²) in [6, 6.07) is 0. The number of Topliss-reactive ketones (excluding diaryl/α,β-unsaturated/α-hetero) is 1. The Morgan fingerprint density at radius 1 is 1.10 bits per heavy atom. The van der Waals surface area contributed by atoms with E-state index in [9.17, 15) is 9.59 Å². The number of ketones is 2. The molecule has 3 fully saturated rings. The van der Waals surface area contributed by atoms with Crippen LogP contribution in [0.5, 0.6) is 0 Å². The first kappa shape index (κ1) is 13.7. The highest BCUT2D eigenvalue weighted by Crippen LogP contribution is 2.61. The second-order valence-electron chi connectivity index (χ2n) is 8.24. The molecule has 0 aromatic carbocycles. The molecule has 4 aliphatic carbocycles. The summed E-state index contributed by atoms with van der Waals surface area (Å²) in [5, 5.41) is 0. The molecule has 6 atom stereocenters. The second-order valence-corrected chi connectivity index (χ2v) is 8.24. The van der Waals surface area contributed by atoms with Crippen LogP contribution in [0.4, 0.5) is 0 Å².